The standard InChI is InChI=1S/C15H15FN2O2/c1-19-12-4-2-3-10(7-12)9-20-14-6-5-11(15(17)18)8-13(14)16/h2-8H,9H2,1H3,(H3,17,18). The molecule has 0 bridgehead atoms. The van der Waals surface area contributed by atoms with Crippen LogP contribution in [0.4, 0.5) is 4.39 Å². The van der Waals surface area contributed by atoms with E-state index in [0.29, 0.717) is 5.56 Å². The molecule has 104 valence electrons. The van der Waals surface area contributed by atoms with E-state index in [4.69, 9.17) is 20.6 Å². The fraction of sp³-hybridized carbons (Fsp3) is 0.133. The number of nitrogen functional groups attached to an aromatic ring is 1. The monoisotopic (exact) mass is 274 g/mol. The lowest BCUT2D eigenvalue weighted by molar-refractivity contribution is 0.289. The van der Waals surface area contributed by atoms with Crippen molar-refractivity contribution in [1.29, 1.82) is 5.41 Å². The van der Waals surface area contributed by atoms with E-state index in [1.807, 2.05) is 24.3 Å². The molecule has 0 saturated heterocycles. The predicted octanol–water partition coefficient (Wildman–Crippen LogP) is 2.70. The summed E-state index contributed by atoms with van der Waals surface area (Å²) in [7, 11) is 1.58. The van der Waals surface area contributed by atoms with E-state index >= 15 is 0 Å². The highest BCUT2D eigenvalue weighted by Crippen LogP contribution is 2.20. The molecule has 0 unspecified atom stereocenters. The fourth-order valence-electron chi connectivity index (χ4n) is 1.71. The average molecular weight is 274 g/mol. The Labute approximate surface area is 116 Å². The molecule has 0 aliphatic carbocycles. The summed E-state index contributed by atoms with van der Waals surface area (Å²) in [6, 6.07) is 11.5. The Morgan fingerprint density at radius 2 is 2.05 bits per heavy atom. The number of hydrogen-bond donors (Lipinski definition) is 2. The smallest absolute Gasteiger partial charge is 0.165 e. The second kappa shape index (κ2) is 6.06. The molecule has 0 radical (unpaired) electrons. The maximum Gasteiger partial charge on any atom is 0.165 e. The van der Waals surface area contributed by atoms with Gasteiger partial charge in [0.05, 0.1) is 7.11 Å². The Morgan fingerprint density at radius 1 is 1.25 bits per heavy atom. The van der Waals surface area contributed by atoms with E-state index in [-0.39, 0.29) is 18.2 Å². The maximum atomic E-state index is 13.8. The molecular formula is C15H15FN2O2. The van der Waals surface area contributed by atoms with Crippen LogP contribution in [0.15, 0.2) is 42.5 Å². The molecule has 2 rings (SSSR count). The summed E-state index contributed by atoms with van der Waals surface area (Å²) >= 11 is 0. The summed E-state index contributed by atoms with van der Waals surface area (Å²) in [5.41, 5.74) is 6.50. The Hall–Kier alpha value is -2.56. The molecule has 0 aromatic heterocycles. The van der Waals surface area contributed by atoms with Crippen molar-refractivity contribution in [3.05, 3.63) is 59.4 Å². The van der Waals surface area contributed by atoms with Crippen LogP contribution >= 0.6 is 0 Å². The summed E-state index contributed by atoms with van der Waals surface area (Å²) in [4.78, 5) is 0. The molecule has 0 fully saturated rings. The summed E-state index contributed by atoms with van der Waals surface area (Å²) in [6.45, 7) is 0.230. The Kier molecular flexibility index (Phi) is 4.20. The lowest BCUT2D eigenvalue weighted by Crippen LogP contribution is -2.11. The van der Waals surface area contributed by atoms with Gasteiger partial charge in [0.1, 0.15) is 18.2 Å². The first kappa shape index (κ1) is 13.9. The topological polar surface area (TPSA) is 68.3 Å². The average Bonchev–Trinajstić information content (AvgIpc) is 2.46. The lowest BCUT2D eigenvalue weighted by Gasteiger charge is -2.09. The number of nitrogens with one attached hydrogen (secondary N) is 1. The van der Waals surface area contributed by atoms with Gasteiger partial charge in [0.2, 0.25) is 0 Å². The van der Waals surface area contributed by atoms with Gasteiger partial charge in [-0.05, 0) is 35.9 Å². The number of nitrogens with two attached hydrogens (primary N) is 1. The third-order valence-corrected chi connectivity index (χ3v) is 2.77. The molecule has 2 aromatic rings. The third-order valence-electron chi connectivity index (χ3n) is 2.77. The predicted molar refractivity (Wildman–Crippen MR) is 74.7 cm³/mol. The van der Waals surface area contributed by atoms with Crippen LogP contribution in [0.3, 0.4) is 0 Å². The van der Waals surface area contributed by atoms with Gasteiger partial charge in [-0.3, -0.25) is 5.41 Å². The molecule has 4 nitrogen and oxygen atoms in total. The van der Waals surface area contributed by atoms with Crippen molar-refractivity contribution < 1.29 is 13.9 Å². The third kappa shape index (κ3) is 3.26. The molecular weight excluding hydrogens is 259 g/mol. The second-order valence-electron chi connectivity index (χ2n) is 4.20. The zero-order valence-electron chi connectivity index (χ0n) is 11.0. The van der Waals surface area contributed by atoms with Gasteiger partial charge in [0.15, 0.2) is 11.6 Å². The molecule has 2 aromatic carbocycles. The molecule has 0 aliphatic rings. The van der Waals surface area contributed by atoms with Crippen LogP contribution in [-0.2, 0) is 6.61 Å². The highest BCUT2D eigenvalue weighted by Gasteiger charge is 2.07. The summed E-state index contributed by atoms with van der Waals surface area (Å²) in [5, 5.41) is 7.24. The first-order valence-corrected chi connectivity index (χ1v) is 6.00. The molecule has 20 heavy (non-hydrogen) atoms. The van der Waals surface area contributed by atoms with Gasteiger partial charge < -0.3 is 15.2 Å². The molecule has 0 heterocycles. The number of benzene rings is 2. The number of methoxy groups -OCH3 is 1. The zero-order chi connectivity index (χ0) is 14.5. The zero-order valence-corrected chi connectivity index (χ0v) is 11.0. The quantitative estimate of drug-likeness (QED) is 0.650. The molecule has 0 amide bonds. The van der Waals surface area contributed by atoms with Gasteiger partial charge in [0, 0.05) is 5.56 Å². The molecule has 3 N–H and O–H groups in total. The highest BCUT2D eigenvalue weighted by molar-refractivity contribution is 5.95. The van der Waals surface area contributed by atoms with Gasteiger partial charge in [-0.25, -0.2) is 4.39 Å². The van der Waals surface area contributed by atoms with E-state index in [2.05, 4.69) is 0 Å². The van der Waals surface area contributed by atoms with Gasteiger partial charge in [-0.15, -0.1) is 0 Å². The minimum atomic E-state index is -0.541. The van der Waals surface area contributed by atoms with E-state index < -0.39 is 5.82 Å². The molecule has 0 spiro atoms. The molecule has 0 aliphatic heterocycles. The van der Waals surface area contributed by atoms with Crippen LogP contribution in [0.5, 0.6) is 11.5 Å². The Balaban J connectivity index is 2.08. The first-order valence-electron chi connectivity index (χ1n) is 6.00. The molecule has 0 saturated carbocycles. The van der Waals surface area contributed by atoms with E-state index in [0.717, 1.165) is 11.3 Å². The first-order chi connectivity index (χ1) is 9.60. The Morgan fingerprint density at radius 3 is 2.70 bits per heavy atom. The number of halogens is 1. The number of amidine groups is 1. The van der Waals surface area contributed by atoms with Crippen molar-refractivity contribution in [2.75, 3.05) is 7.11 Å². The minimum Gasteiger partial charge on any atom is -0.497 e. The van der Waals surface area contributed by atoms with Crippen LogP contribution < -0.4 is 15.2 Å². The van der Waals surface area contributed by atoms with Crippen molar-refractivity contribution >= 4 is 5.84 Å². The van der Waals surface area contributed by atoms with Crippen LogP contribution in [-0.4, -0.2) is 12.9 Å². The normalized spacial score (nSPS) is 10.1. The summed E-state index contributed by atoms with van der Waals surface area (Å²) in [5.74, 6) is 0.125. The number of hydrogen-bond acceptors (Lipinski definition) is 3. The summed E-state index contributed by atoms with van der Waals surface area (Å²) < 4.78 is 24.3. The van der Waals surface area contributed by atoms with Crippen molar-refractivity contribution in [3.8, 4) is 11.5 Å². The maximum absolute atomic E-state index is 13.8. The fourth-order valence-corrected chi connectivity index (χ4v) is 1.71. The van der Waals surface area contributed by atoms with E-state index in [1.165, 1.54) is 12.1 Å². The summed E-state index contributed by atoms with van der Waals surface area (Å²) in [6.07, 6.45) is 0. The van der Waals surface area contributed by atoms with Crippen LogP contribution in [0.1, 0.15) is 11.1 Å². The second-order valence-corrected chi connectivity index (χ2v) is 4.20. The van der Waals surface area contributed by atoms with Crippen LogP contribution in [0.25, 0.3) is 0 Å². The van der Waals surface area contributed by atoms with Gasteiger partial charge in [0.25, 0.3) is 0 Å². The van der Waals surface area contributed by atoms with E-state index in [9.17, 15) is 4.39 Å². The van der Waals surface area contributed by atoms with Crippen LogP contribution in [0.2, 0.25) is 0 Å². The molecule has 5 heteroatoms. The number of rotatable bonds is 5. The van der Waals surface area contributed by atoms with Gasteiger partial charge >= 0.3 is 0 Å². The van der Waals surface area contributed by atoms with Gasteiger partial charge in [-0.2, -0.15) is 0 Å². The largest absolute Gasteiger partial charge is 0.497 e. The van der Waals surface area contributed by atoms with Crippen molar-refractivity contribution in [3.63, 3.8) is 0 Å². The lowest BCUT2D eigenvalue weighted by atomic mass is 10.2. The van der Waals surface area contributed by atoms with Gasteiger partial charge in [-0.1, -0.05) is 12.1 Å². The van der Waals surface area contributed by atoms with Crippen molar-refractivity contribution in [1.82, 2.24) is 0 Å². The Bertz CT molecular complexity index is 629. The number of ether oxygens (including phenoxy) is 2. The molecule has 0 atom stereocenters. The van der Waals surface area contributed by atoms with E-state index in [1.54, 1.807) is 13.2 Å². The van der Waals surface area contributed by atoms with Crippen molar-refractivity contribution in [2.45, 2.75) is 6.61 Å². The minimum absolute atomic E-state index is 0.123. The SMILES string of the molecule is COc1cccc(COc2ccc(C(=N)N)cc2F)c1. The highest BCUT2D eigenvalue weighted by atomic mass is 19.1. The van der Waals surface area contributed by atoms with Crippen molar-refractivity contribution in [2.24, 2.45) is 5.73 Å². The van der Waals surface area contributed by atoms with Crippen LogP contribution in [0, 0.1) is 11.2 Å².